The molecule has 0 aliphatic carbocycles. The number of carbonyl (C=O) groups excluding carboxylic acids is 1. The molecule has 1 unspecified atom stereocenters. The van der Waals surface area contributed by atoms with Crippen molar-refractivity contribution >= 4 is 17.7 Å². The van der Waals surface area contributed by atoms with Crippen molar-refractivity contribution in [3.8, 4) is 0 Å². The van der Waals surface area contributed by atoms with Crippen molar-refractivity contribution in [1.82, 2.24) is 10.6 Å². The Balaban J connectivity index is 2.06. The van der Waals surface area contributed by atoms with E-state index in [9.17, 15) is 4.79 Å². The summed E-state index contributed by atoms with van der Waals surface area (Å²) in [6, 6.07) is 7.78. The molecular weight excluding hydrogens is 288 g/mol. The van der Waals surface area contributed by atoms with Crippen LogP contribution in [0.25, 0.3) is 0 Å². The summed E-state index contributed by atoms with van der Waals surface area (Å²) in [5.74, 6) is 0. The van der Waals surface area contributed by atoms with Gasteiger partial charge in [0.15, 0.2) is 0 Å². The van der Waals surface area contributed by atoms with Crippen molar-refractivity contribution in [2.75, 3.05) is 13.1 Å². The molecule has 0 saturated carbocycles. The molecule has 1 atom stereocenters. The monoisotopic (exact) mass is 310 g/mol. The van der Waals surface area contributed by atoms with Gasteiger partial charge in [0.25, 0.3) is 0 Å². The Bertz CT molecular complexity index is 488. The number of hydrogen-bond acceptors (Lipinski definition) is 3. The summed E-state index contributed by atoms with van der Waals surface area (Å²) in [5.41, 5.74) is 0.419. The Hall–Kier alpha value is -1.26. The van der Waals surface area contributed by atoms with Crippen molar-refractivity contribution in [2.45, 2.75) is 44.8 Å². The second kappa shape index (κ2) is 6.24. The Morgan fingerprint density at radius 1 is 1.38 bits per heavy atom. The van der Waals surface area contributed by atoms with E-state index in [0.717, 1.165) is 24.9 Å². The molecule has 0 bridgehead atoms. The fraction of sp³-hybridized carbons (Fsp3) is 0.562. The Morgan fingerprint density at radius 3 is 2.57 bits per heavy atom. The first kappa shape index (κ1) is 16.1. The molecule has 5 heteroatoms. The first-order chi connectivity index (χ1) is 9.81. The van der Waals surface area contributed by atoms with Crippen molar-refractivity contribution in [3.05, 3.63) is 34.9 Å². The zero-order valence-electron chi connectivity index (χ0n) is 12.8. The lowest BCUT2D eigenvalue weighted by atomic mass is 9.88. The minimum atomic E-state index is -0.485. The number of amides is 1. The van der Waals surface area contributed by atoms with E-state index < -0.39 is 5.60 Å². The summed E-state index contributed by atoms with van der Waals surface area (Å²) >= 11 is 5.95. The van der Waals surface area contributed by atoms with E-state index in [0.29, 0.717) is 11.6 Å². The molecule has 4 nitrogen and oxygen atoms in total. The lowest BCUT2D eigenvalue weighted by Crippen LogP contribution is -2.48. The van der Waals surface area contributed by atoms with Gasteiger partial charge in [-0.3, -0.25) is 0 Å². The number of ether oxygens (including phenoxy) is 1. The summed E-state index contributed by atoms with van der Waals surface area (Å²) in [5, 5.41) is 7.10. The Kier molecular flexibility index (Phi) is 4.79. The van der Waals surface area contributed by atoms with E-state index in [2.05, 4.69) is 10.6 Å². The Morgan fingerprint density at radius 2 is 2.05 bits per heavy atom. The predicted molar refractivity (Wildman–Crippen MR) is 84.6 cm³/mol. The van der Waals surface area contributed by atoms with Gasteiger partial charge in [-0.05, 0) is 57.9 Å². The van der Waals surface area contributed by atoms with Crippen molar-refractivity contribution in [2.24, 2.45) is 0 Å². The molecule has 1 aliphatic rings. The molecule has 1 heterocycles. The second-order valence-corrected chi connectivity index (χ2v) is 6.91. The maximum absolute atomic E-state index is 11.9. The third-order valence-corrected chi connectivity index (χ3v) is 3.83. The zero-order chi connectivity index (χ0) is 15.5. The second-order valence-electron chi connectivity index (χ2n) is 6.47. The summed E-state index contributed by atoms with van der Waals surface area (Å²) in [6.45, 7) is 7.02. The number of rotatable bonds is 3. The number of nitrogens with one attached hydrogen (secondary N) is 2. The zero-order valence-corrected chi connectivity index (χ0v) is 13.6. The maximum atomic E-state index is 11.9. The van der Waals surface area contributed by atoms with Crippen LogP contribution in [-0.2, 0) is 10.3 Å². The number of hydrogen-bond donors (Lipinski definition) is 2. The lowest BCUT2D eigenvalue weighted by molar-refractivity contribution is 0.0511. The summed E-state index contributed by atoms with van der Waals surface area (Å²) in [7, 11) is 0. The molecule has 21 heavy (non-hydrogen) atoms. The maximum Gasteiger partial charge on any atom is 0.407 e. The quantitative estimate of drug-likeness (QED) is 0.899. The van der Waals surface area contributed by atoms with Gasteiger partial charge in [-0.2, -0.15) is 0 Å². The van der Waals surface area contributed by atoms with Crippen LogP contribution in [0.3, 0.4) is 0 Å². The van der Waals surface area contributed by atoms with Gasteiger partial charge in [0.2, 0.25) is 0 Å². The highest BCUT2D eigenvalue weighted by molar-refractivity contribution is 6.30. The molecule has 1 aliphatic heterocycles. The van der Waals surface area contributed by atoms with Crippen molar-refractivity contribution in [3.63, 3.8) is 0 Å². The van der Waals surface area contributed by atoms with Gasteiger partial charge in [0, 0.05) is 11.6 Å². The fourth-order valence-corrected chi connectivity index (χ4v) is 2.74. The van der Waals surface area contributed by atoms with Crippen LogP contribution in [-0.4, -0.2) is 24.8 Å². The standard InChI is InChI=1S/C16H23ClN2O2/c1-15(2,3)21-14(20)18-11-16(9-4-10-19-16)12-5-7-13(17)8-6-12/h5-8,19H,4,9-11H2,1-3H3,(H,18,20). The molecule has 2 N–H and O–H groups in total. The third kappa shape index (κ3) is 4.35. The van der Waals surface area contributed by atoms with E-state index in [1.165, 1.54) is 0 Å². The molecule has 0 aromatic heterocycles. The van der Waals surface area contributed by atoms with E-state index in [4.69, 9.17) is 16.3 Å². The topological polar surface area (TPSA) is 50.4 Å². The van der Waals surface area contributed by atoms with Crippen LogP contribution in [0, 0.1) is 0 Å². The van der Waals surface area contributed by atoms with Crippen LogP contribution >= 0.6 is 11.6 Å². The molecule has 0 spiro atoms. The highest BCUT2D eigenvalue weighted by Crippen LogP contribution is 2.31. The van der Waals surface area contributed by atoms with Gasteiger partial charge >= 0.3 is 6.09 Å². The van der Waals surface area contributed by atoms with Crippen LogP contribution in [0.15, 0.2) is 24.3 Å². The normalized spacial score (nSPS) is 22.1. The summed E-state index contributed by atoms with van der Waals surface area (Å²) < 4.78 is 5.30. The molecule has 2 rings (SSSR count). The molecule has 1 fully saturated rings. The molecule has 1 amide bonds. The molecule has 1 saturated heterocycles. The van der Waals surface area contributed by atoms with Crippen molar-refractivity contribution < 1.29 is 9.53 Å². The van der Waals surface area contributed by atoms with Crippen LogP contribution in [0.5, 0.6) is 0 Å². The van der Waals surface area contributed by atoms with E-state index >= 15 is 0 Å². The van der Waals surface area contributed by atoms with Crippen LogP contribution < -0.4 is 10.6 Å². The lowest BCUT2D eigenvalue weighted by Gasteiger charge is -2.31. The van der Waals surface area contributed by atoms with E-state index in [1.54, 1.807) is 0 Å². The van der Waals surface area contributed by atoms with Gasteiger partial charge < -0.3 is 15.4 Å². The Labute approximate surface area is 131 Å². The molecule has 116 valence electrons. The minimum absolute atomic E-state index is 0.235. The van der Waals surface area contributed by atoms with Gasteiger partial charge in [0.1, 0.15) is 5.60 Å². The highest BCUT2D eigenvalue weighted by Gasteiger charge is 2.36. The smallest absolute Gasteiger partial charge is 0.407 e. The van der Waals surface area contributed by atoms with Gasteiger partial charge in [-0.1, -0.05) is 23.7 Å². The number of alkyl carbamates (subject to hydrolysis) is 1. The molecule has 1 aromatic rings. The average molecular weight is 311 g/mol. The van der Waals surface area contributed by atoms with Gasteiger partial charge in [-0.15, -0.1) is 0 Å². The number of benzene rings is 1. The molecule has 1 aromatic carbocycles. The average Bonchev–Trinajstić information content (AvgIpc) is 2.85. The minimum Gasteiger partial charge on any atom is -0.444 e. The van der Waals surface area contributed by atoms with Crippen LogP contribution in [0.2, 0.25) is 5.02 Å². The first-order valence-electron chi connectivity index (χ1n) is 7.29. The van der Waals surface area contributed by atoms with Crippen LogP contribution in [0.4, 0.5) is 4.79 Å². The summed E-state index contributed by atoms with van der Waals surface area (Å²) in [6.07, 6.45) is 1.67. The largest absolute Gasteiger partial charge is 0.444 e. The van der Waals surface area contributed by atoms with E-state index in [1.807, 2.05) is 45.0 Å². The third-order valence-electron chi connectivity index (χ3n) is 3.57. The molecule has 0 radical (unpaired) electrons. The SMILES string of the molecule is CC(C)(C)OC(=O)NCC1(c2ccc(Cl)cc2)CCCN1. The number of halogens is 1. The van der Waals surface area contributed by atoms with Gasteiger partial charge in [0.05, 0.1) is 5.54 Å². The molecular formula is C16H23ClN2O2. The van der Waals surface area contributed by atoms with Crippen molar-refractivity contribution in [1.29, 1.82) is 0 Å². The number of carbonyl (C=O) groups is 1. The van der Waals surface area contributed by atoms with E-state index in [-0.39, 0.29) is 11.6 Å². The summed E-state index contributed by atoms with van der Waals surface area (Å²) in [4.78, 5) is 11.9. The predicted octanol–water partition coefficient (Wildman–Crippen LogP) is 3.44. The highest BCUT2D eigenvalue weighted by atomic mass is 35.5. The fourth-order valence-electron chi connectivity index (χ4n) is 2.61. The first-order valence-corrected chi connectivity index (χ1v) is 7.66. The van der Waals surface area contributed by atoms with Gasteiger partial charge in [-0.25, -0.2) is 4.79 Å². The van der Waals surface area contributed by atoms with Crippen LogP contribution in [0.1, 0.15) is 39.2 Å².